The van der Waals surface area contributed by atoms with E-state index in [-0.39, 0.29) is 6.04 Å². The maximum atomic E-state index is 6.12. The SMILES string of the molecule is CCC(N)Cc1cc2ccccc2nc1Sc1ncco1. The summed E-state index contributed by atoms with van der Waals surface area (Å²) in [5, 5.41) is 2.65. The van der Waals surface area contributed by atoms with Crippen LogP contribution in [0.3, 0.4) is 0 Å². The summed E-state index contributed by atoms with van der Waals surface area (Å²) < 4.78 is 5.32. The first-order valence-electron chi connectivity index (χ1n) is 6.98. The zero-order chi connectivity index (χ0) is 14.7. The maximum Gasteiger partial charge on any atom is 0.261 e. The molecule has 0 aliphatic carbocycles. The van der Waals surface area contributed by atoms with Crippen molar-refractivity contribution in [3.63, 3.8) is 0 Å². The number of nitrogens with two attached hydrogens (primary N) is 1. The Bertz CT molecular complexity index is 727. The lowest BCUT2D eigenvalue weighted by Gasteiger charge is -2.12. The van der Waals surface area contributed by atoms with Crippen LogP contribution in [0.15, 0.2) is 57.5 Å². The maximum absolute atomic E-state index is 6.12. The first-order valence-corrected chi connectivity index (χ1v) is 7.79. The Hall–Kier alpha value is -1.85. The number of fused-ring (bicyclic) bond motifs is 1. The summed E-state index contributed by atoms with van der Waals surface area (Å²) in [4.78, 5) is 8.90. The van der Waals surface area contributed by atoms with Crippen molar-refractivity contribution in [2.24, 2.45) is 5.73 Å². The van der Waals surface area contributed by atoms with Crippen LogP contribution in [0, 0.1) is 0 Å². The Kier molecular flexibility index (Phi) is 4.22. The molecule has 2 N–H and O–H groups in total. The highest BCUT2D eigenvalue weighted by molar-refractivity contribution is 7.99. The molecule has 0 aliphatic rings. The van der Waals surface area contributed by atoms with Crippen molar-refractivity contribution in [2.75, 3.05) is 0 Å². The average Bonchev–Trinajstić information content (AvgIpc) is 3.00. The fourth-order valence-electron chi connectivity index (χ4n) is 2.15. The number of hydrogen-bond acceptors (Lipinski definition) is 5. The van der Waals surface area contributed by atoms with Crippen LogP contribution in [0.25, 0.3) is 10.9 Å². The molecule has 0 bridgehead atoms. The lowest BCUT2D eigenvalue weighted by atomic mass is 10.0. The van der Waals surface area contributed by atoms with E-state index in [2.05, 4.69) is 24.0 Å². The second kappa shape index (κ2) is 6.28. The number of benzene rings is 1. The van der Waals surface area contributed by atoms with Crippen molar-refractivity contribution in [3.05, 3.63) is 48.4 Å². The van der Waals surface area contributed by atoms with Crippen LogP contribution in [0.2, 0.25) is 0 Å². The molecular formula is C16H17N3OS. The number of nitrogens with zero attached hydrogens (tertiary/aromatic N) is 2. The molecule has 0 fully saturated rings. The van der Waals surface area contributed by atoms with Crippen LogP contribution >= 0.6 is 11.8 Å². The molecule has 0 spiro atoms. The minimum atomic E-state index is 0.136. The number of aromatic nitrogens is 2. The number of hydrogen-bond donors (Lipinski definition) is 1. The van der Waals surface area contributed by atoms with E-state index >= 15 is 0 Å². The summed E-state index contributed by atoms with van der Waals surface area (Å²) in [6.07, 6.45) is 4.95. The molecule has 0 aliphatic heterocycles. The summed E-state index contributed by atoms with van der Waals surface area (Å²) >= 11 is 1.44. The van der Waals surface area contributed by atoms with Gasteiger partial charge in [0.2, 0.25) is 0 Å². The monoisotopic (exact) mass is 299 g/mol. The van der Waals surface area contributed by atoms with Gasteiger partial charge in [0, 0.05) is 11.4 Å². The van der Waals surface area contributed by atoms with Crippen molar-refractivity contribution in [3.8, 4) is 0 Å². The van der Waals surface area contributed by atoms with Gasteiger partial charge in [-0.25, -0.2) is 9.97 Å². The van der Waals surface area contributed by atoms with Gasteiger partial charge in [-0.2, -0.15) is 0 Å². The van der Waals surface area contributed by atoms with Gasteiger partial charge in [-0.05, 0) is 42.3 Å². The molecule has 3 rings (SSSR count). The molecule has 1 aromatic carbocycles. The Balaban J connectivity index is 2.03. The van der Waals surface area contributed by atoms with Crippen LogP contribution in [0.5, 0.6) is 0 Å². The van der Waals surface area contributed by atoms with Crippen molar-refractivity contribution < 1.29 is 4.42 Å². The lowest BCUT2D eigenvalue weighted by molar-refractivity contribution is 0.454. The minimum absolute atomic E-state index is 0.136. The largest absolute Gasteiger partial charge is 0.440 e. The number of pyridine rings is 1. The molecule has 3 aromatic rings. The molecule has 1 atom stereocenters. The quantitative estimate of drug-likeness (QED) is 0.779. The van der Waals surface area contributed by atoms with Crippen LogP contribution in [0.1, 0.15) is 18.9 Å². The molecule has 2 aromatic heterocycles. The van der Waals surface area contributed by atoms with E-state index in [0.29, 0.717) is 5.22 Å². The van der Waals surface area contributed by atoms with Crippen LogP contribution in [0.4, 0.5) is 0 Å². The normalized spacial score (nSPS) is 12.7. The third kappa shape index (κ3) is 3.25. The molecule has 0 saturated carbocycles. The van der Waals surface area contributed by atoms with E-state index in [0.717, 1.165) is 34.3 Å². The van der Waals surface area contributed by atoms with E-state index in [1.165, 1.54) is 11.8 Å². The van der Waals surface area contributed by atoms with Crippen LogP contribution < -0.4 is 5.73 Å². The number of para-hydroxylation sites is 1. The lowest BCUT2D eigenvalue weighted by Crippen LogP contribution is -2.21. The number of oxazole rings is 1. The van der Waals surface area contributed by atoms with Gasteiger partial charge >= 0.3 is 0 Å². The fourth-order valence-corrected chi connectivity index (χ4v) is 2.95. The molecule has 21 heavy (non-hydrogen) atoms. The van der Waals surface area contributed by atoms with Crippen molar-refractivity contribution in [1.29, 1.82) is 0 Å². The second-order valence-corrected chi connectivity index (χ2v) is 5.86. The number of rotatable bonds is 5. The Morgan fingerprint density at radius 3 is 2.95 bits per heavy atom. The topological polar surface area (TPSA) is 64.9 Å². The van der Waals surface area contributed by atoms with E-state index in [1.54, 1.807) is 12.5 Å². The average molecular weight is 299 g/mol. The third-order valence-electron chi connectivity index (χ3n) is 3.36. The smallest absolute Gasteiger partial charge is 0.261 e. The van der Waals surface area contributed by atoms with Gasteiger partial charge in [-0.15, -0.1) is 0 Å². The van der Waals surface area contributed by atoms with Crippen molar-refractivity contribution >= 4 is 22.7 Å². The standard InChI is InChI=1S/C16H17N3OS/c1-2-13(17)10-12-9-11-5-3-4-6-14(11)19-15(12)21-16-18-7-8-20-16/h3-9,13H,2,10,17H2,1H3. The van der Waals surface area contributed by atoms with Crippen LogP contribution in [-0.2, 0) is 6.42 Å². The van der Waals surface area contributed by atoms with Crippen molar-refractivity contribution in [1.82, 2.24) is 9.97 Å². The zero-order valence-corrected chi connectivity index (χ0v) is 12.6. The molecule has 0 radical (unpaired) electrons. The molecule has 1 unspecified atom stereocenters. The zero-order valence-electron chi connectivity index (χ0n) is 11.8. The van der Waals surface area contributed by atoms with Crippen LogP contribution in [-0.4, -0.2) is 16.0 Å². The van der Waals surface area contributed by atoms with Gasteiger partial charge in [0.25, 0.3) is 5.22 Å². The van der Waals surface area contributed by atoms with E-state index < -0.39 is 0 Å². The molecule has 4 nitrogen and oxygen atoms in total. The molecule has 0 amide bonds. The predicted molar refractivity (Wildman–Crippen MR) is 84.3 cm³/mol. The Labute approximate surface area is 127 Å². The molecule has 2 heterocycles. The highest BCUT2D eigenvalue weighted by atomic mass is 32.2. The summed E-state index contributed by atoms with van der Waals surface area (Å²) in [6.45, 7) is 2.10. The summed E-state index contributed by atoms with van der Waals surface area (Å²) in [5.41, 5.74) is 8.23. The van der Waals surface area contributed by atoms with E-state index in [1.807, 2.05) is 18.2 Å². The first kappa shape index (κ1) is 14.1. The molecule has 0 saturated heterocycles. The van der Waals surface area contributed by atoms with Gasteiger partial charge in [0.05, 0.1) is 11.7 Å². The summed E-state index contributed by atoms with van der Waals surface area (Å²) in [7, 11) is 0. The van der Waals surface area contributed by atoms with Crippen molar-refractivity contribution in [2.45, 2.75) is 36.1 Å². The second-order valence-electron chi connectivity index (χ2n) is 4.92. The predicted octanol–water partition coefficient (Wildman–Crippen LogP) is 3.65. The van der Waals surface area contributed by atoms with Gasteiger partial charge in [0.1, 0.15) is 11.3 Å². The highest BCUT2D eigenvalue weighted by Gasteiger charge is 2.13. The first-order chi connectivity index (χ1) is 10.3. The minimum Gasteiger partial charge on any atom is -0.440 e. The molecule has 5 heteroatoms. The highest BCUT2D eigenvalue weighted by Crippen LogP contribution is 2.30. The molecular weight excluding hydrogens is 282 g/mol. The van der Waals surface area contributed by atoms with E-state index in [4.69, 9.17) is 15.1 Å². The Morgan fingerprint density at radius 1 is 1.33 bits per heavy atom. The fraction of sp³-hybridized carbons (Fsp3) is 0.250. The summed E-state index contributed by atoms with van der Waals surface area (Å²) in [6, 6.07) is 10.4. The van der Waals surface area contributed by atoms with E-state index in [9.17, 15) is 0 Å². The third-order valence-corrected chi connectivity index (χ3v) is 4.29. The van der Waals surface area contributed by atoms with Gasteiger partial charge in [-0.1, -0.05) is 25.1 Å². The van der Waals surface area contributed by atoms with Gasteiger partial charge in [-0.3, -0.25) is 0 Å². The summed E-state index contributed by atoms with van der Waals surface area (Å²) in [5.74, 6) is 0. The van der Waals surface area contributed by atoms with Gasteiger partial charge < -0.3 is 10.2 Å². The Morgan fingerprint density at radius 2 is 2.19 bits per heavy atom. The van der Waals surface area contributed by atoms with Gasteiger partial charge in [0.15, 0.2) is 0 Å². The molecule has 108 valence electrons.